The number of fused-ring (bicyclic) bond motifs is 1. The summed E-state index contributed by atoms with van der Waals surface area (Å²) in [5.41, 5.74) is 1.95. The van der Waals surface area contributed by atoms with E-state index >= 15 is 0 Å². The van der Waals surface area contributed by atoms with E-state index < -0.39 is 0 Å². The van der Waals surface area contributed by atoms with E-state index in [1.165, 1.54) is 4.90 Å². The quantitative estimate of drug-likeness (QED) is 0.532. The topological polar surface area (TPSA) is 43.9 Å². The zero-order chi connectivity index (χ0) is 20.4. The van der Waals surface area contributed by atoms with Crippen LogP contribution in [-0.4, -0.2) is 60.9 Å². The zero-order valence-electron chi connectivity index (χ0n) is 15.9. The first kappa shape index (κ1) is 20.0. The molecule has 2 aromatic rings. The van der Waals surface area contributed by atoms with Crippen LogP contribution in [0.5, 0.6) is 0 Å². The molecule has 2 amide bonds. The summed E-state index contributed by atoms with van der Waals surface area (Å²) in [6, 6.07) is 12.7. The summed E-state index contributed by atoms with van der Waals surface area (Å²) in [5, 5.41) is 1.17. The van der Waals surface area contributed by atoms with Crippen LogP contribution in [-0.2, 0) is 0 Å². The molecule has 1 saturated heterocycles. The first-order chi connectivity index (χ1) is 14.1. The average molecular weight is 430 g/mol. The molecule has 0 N–H and O–H groups in total. The van der Waals surface area contributed by atoms with Crippen LogP contribution in [0.25, 0.3) is 0 Å². The highest BCUT2D eigenvalue weighted by molar-refractivity contribution is 6.43. The van der Waals surface area contributed by atoms with Gasteiger partial charge >= 0.3 is 0 Å². The van der Waals surface area contributed by atoms with Crippen molar-refractivity contribution in [2.45, 2.75) is 0 Å². The Labute approximate surface area is 180 Å². The van der Waals surface area contributed by atoms with Crippen LogP contribution in [0.4, 0.5) is 5.69 Å². The van der Waals surface area contributed by atoms with Gasteiger partial charge in [-0.3, -0.25) is 19.4 Å². The molecule has 2 aromatic carbocycles. The van der Waals surface area contributed by atoms with Crippen molar-refractivity contribution < 1.29 is 9.59 Å². The number of hydrogen-bond acceptors (Lipinski definition) is 4. The third kappa shape index (κ3) is 4.04. The monoisotopic (exact) mass is 429 g/mol. The number of hydrogen-bond donors (Lipinski definition) is 0. The van der Waals surface area contributed by atoms with E-state index in [-0.39, 0.29) is 11.8 Å². The summed E-state index contributed by atoms with van der Waals surface area (Å²) in [6.07, 6.45) is 3.91. The molecule has 7 heteroatoms. The van der Waals surface area contributed by atoms with Gasteiger partial charge in [-0.05, 0) is 24.3 Å². The zero-order valence-corrected chi connectivity index (χ0v) is 17.4. The first-order valence-electron chi connectivity index (χ1n) is 9.58. The number of nitrogens with zero attached hydrogens (tertiary/aromatic N) is 3. The predicted molar refractivity (Wildman–Crippen MR) is 116 cm³/mol. The third-order valence-electron chi connectivity index (χ3n) is 5.34. The number of amides is 2. The van der Waals surface area contributed by atoms with Crippen LogP contribution >= 0.6 is 23.2 Å². The van der Waals surface area contributed by atoms with Gasteiger partial charge in [-0.1, -0.05) is 53.6 Å². The lowest BCUT2D eigenvalue weighted by molar-refractivity contribution is 0.0672. The Morgan fingerprint density at radius 2 is 1.41 bits per heavy atom. The molecule has 0 bridgehead atoms. The highest BCUT2D eigenvalue weighted by atomic mass is 35.5. The van der Waals surface area contributed by atoms with Gasteiger partial charge in [-0.15, -0.1) is 0 Å². The Kier molecular flexibility index (Phi) is 5.90. The van der Waals surface area contributed by atoms with E-state index in [1.54, 1.807) is 30.3 Å². The van der Waals surface area contributed by atoms with Gasteiger partial charge in [0.05, 0.1) is 26.9 Å². The second kappa shape index (κ2) is 8.57. The Balaban J connectivity index is 1.27. The molecule has 0 spiro atoms. The first-order valence-corrected chi connectivity index (χ1v) is 10.3. The van der Waals surface area contributed by atoms with Gasteiger partial charge < -0.3 is 4.90 Å². The minimum Gasteiger partial charge on any atom is -0.368 e. The van der Waals surface area contributed by atoms with Gasteiger partial charge in [-0.25, -0.2) is 0 Å². The van der Waals surface area contributed by atoms with Crippen molar-refractivity contribution in [3.05, 3.63) is 75.8 Å². The van der Waals surface area contributed by atoms with Crippen LogP contribution in [0.1, 0.15) is 20.7 Å². The lowest BCUT2D eigenvalue weighted by Crippen LogP contribution is -2.46. The fourth-order valence-electron chi connectivity index (χ4n) is 3.72. The van der Waals surface area contributed by atoms with E-state index in [0.717, 1.165) is 38.4 Å². The Morgan fingerprint density at radius 3 is 2.07 bits per heavy atom. The summed E-state index contributed by atoms with van der Waals surface area (Å²) < 4.78 is 0. The van der Waals surface area contributed by atoms with Crippen LogP contribution in [0.2, 0.25) is 10.0 Å². The van der Waals surface area contributed by atoms with Gasteiger partial charge in [0.15, 0.2) is 0 Å². The summed E-state index contributed by atoms with van der Waals surface area (Å²) >= 11 is 12.4. The number of rotatable bonds is 5. The molecule has 2 aliphatic rings. The molecule has 1 fully saturated rings. The molecular weight excluding hydrogens is 409 g/mol. The number of piperazine rings is 1. The van der Waals surface area contributed by atoms with Crippen molar-refractivity contribution >= 4 is 40.7 Å². The standard InChI is InChI=1S/C22H21Cl2N3O2/c23-18-8-5-9-19(20(18)24)26-14-12-25(13-15-26)10-3-4-11-27-21(28)16-6-1-2-7-17(16)22(27)29/h1-9H,10-15H2. The predicted octanol–water partition coefficient (Wildman–Crippen LogP) is 3.97. The number of benzene rings is 2. The van der Waals surface area contributed by atoms with Crippen molar-refractivity contribution in [2.75, 3.05) is 44.2 Å². The van der Waals surface area contributed by atoms with Crippen LogP contribution in [0, 0.1) is 0 Å². The number of anilines is 1. The molecular formula is C22H21Cl2N3O2. The SMILES string of the molecule is O=C1c2ccccc2C(=O)N1CC=CCN1CCN(c2cccc(Cl)c2Cl)CC1. The lowest BCUT2D eigenvalue weighted by atomic mass is 10.1. The van der Waals surface area contributed by atoms with Crippen molar-refractivity contribution in [2.24, 2.45) is 0 Å². The fraction of sp³-hybridized carbons (Fsp3) is 0.273. The summed E-state index contributed by atoms with van der Waals surface area (Å²) in [7, 11) is 0. The molecule has 150 valence electrons. The molecule has 0 atom stereocenters. The summed E-state index contributed by atoms with van der Waals surface area (Å²) in [6.45, 7) is 4.61. The third-order valence-corrected chi connectivity index (χ3v) is 6.15. The highest BCUT2D eigenvalue weighted by Crippen LogP contribution is 2.32. The molecule has 0 radical (unpaired) electrons. The molecule has 2 aliphatic heterocycles. The molecule has 4 rings (SSSR count). The van der Waals surface area contributed by atoms with Crippen molar-refractivity contribution in [1.29, 1.82) is 0 Å². The maximum atomic E-state index is 12.4. The number of halogens is 2. The van der Waals surface area contributed by atoms with Crippen molar-refractivity contribution in [3.8, 4) is 0 Å². The minimum atomic E-state index is -0.220. The maximum absolute atomic E-state index is 12.4. The molecule has 2 heterocycles. The Hall–Kier alpha value is -2.34. The van der Waals surface area contributed by atoms with Crippen molar-refractivity contribution in [1.82, 2.24) is 9.80 Å². The van der Waals surface area contributed by atoms with E-state index in [9.17, 15) is 9.59 Å². The minimum absolute atomic E-state index is 0.220. The highest BCUT2D eigenvalue weighted by Gasteiger charge is 2.34. The molecule has 0 unspecified atom stereocenters. The van der Waals surface area contributed by atoms with Crippen LogP contribution in [0.15, 0.2) is 54.6 Å². The van der Waals surface area contributed by atoms with Gasteiger partial charge in [-0.2, -0.15) is 0 Å². The summed E-state index contributed by atoms with van der Waals surface area (Å²) in [4.78, 5) is 30.6. The second-order valence-electron chi connectivity index (χ2n) is 7.10. The van der Waals surface area contributed by atoms with Gasteiger partial charge in [0.2, 0.25) is 0 Å². The lowest BCUT2D eigenvalue weighted by Gasteiger charge is -2.36. The molecule has 29 heavy (non-hydrogen) atoms. The Bertz CT molecular complexity index is 933. The average Bonchev–Trinajstić information content (AvgIpc) is 2.99. The van der Waals surface area contributed by atoms with Crippen LogP contribution < -0.4 is 4.90 Å². The molecule has 0 aliphatic carbocycles. The van der Waals surface area contributed by atoms with Crippen molar-refractivity contribution in [3.63, 3.8) is 0 Å². The molecule has 0 saturated carbocycles. The molecule has 5 nitrogen and oxygen atoms in total. The molecule has 0 aromatic heterocycles. The van der Waals surface area contributed by atoms with Gasteiger partial charge in [0.1, 0.15) is 0 Å². The summed E-state index contributed by atoms with van der Waals surface area (Å²) in [5.74, 6) is -0.440. The van der Waals surface area contributed by atoms with Gasteiger partial charge in [0.25, 0.3) is 11.8 Å². The second-order valence-corrected chi connectivity index (χ2v) is 7.88. The normalized spacial score (nSPS) is 17.4. The maximum Gasteiger partial charge on any atom is 0.261 e. The fourth-order valence-corrected chi connectivity index (χ4v) is 4.13. The Morgan fingerprint density at radius 1 is 0.793 bits per heavy atom. The van der Waals surface area contributed by atoms with E-state index in [2.05, 4.69) is 9.80 Å². The van der Waals surface area contributed by atoms with E-state index in [1.807, 2.05) is 24.3 Å². The van der Waals surface area contributed by atoms with E-state index in [0.29, 0.717) is 27.7 Å². The largest absolute Gasteiger partial charge is 0.368 e. The smallest absolute Gasteiger partial charge is 0.261 e. The van der Waals surface area contributed by atoms with Gasteiger partial charge in [0, 0.05) is 39.3 Å². The number of carbonyl (C=O) groups is 2. The van der Waals surface area contributed by atoms with E-state index in [4.69, 9.17) is 23.2 Å². The number of carbonyl (C=O) groups excluding carboxylic acids is 2. The number of imide groups is 1. The van der Waals surface area contributed by atoms with Crippen LogP contribution in [0.3, 0.4) is 0 Å².